The van der Waals surface area contributed by atoms with Crippen molar-refractivity contribution in [2.45, 2.75) is 26.4 Å². The number of benzene rings is 1. The SMILES string of the molecule is Cc1nn(C)c(C)c1CC(O)c1ccc(Br)c(Cl)c1F. The molecule has 0 radical (unpaired) electrons. The minimum atomic E-state index is -0.956. The van der Waals surface area contributed by atoms with Crippen molar-refractivity contribution >= 4 is 27.5 Å². The summed E-state index contributed by atoms with van der Waals surface area (Å²) in [4.78, 5) is 0. The zero-order valence-electron chi connectivity index (χ0n) is 11.4. The molecule has 2 rings (SSSR count). The molecule has 0 aliphatic carbocycles. The van der Waals surface area contributed by atoms with E-state index in [-0.39, 0.29) is 10.6 Å². The van der Waals surface area contributed by atoms with E-state index in [0.29, 0.717) is 10.9 Å². The van der Waals surface area contributed by atoms with Crippen LogP contribution in [-0.4, -0.2) is 14.9 Å². The Bertz CT molecular complexity index is 657. The maximum atomic E-state index is 14.1. The first-order chi connectivity index (χ1) is 9.32. The van der Waals surface area contributed by atoms with Gasteiger partial charge in [0.05, 0.1) is 16.8 Å². The summed E-state index contributed by atoms with van der Waals surface area (Å²) < 4.78 is 16.3. The summed E-state index contributed by atoms with van der Waals surface area (Å²) in [6.07, 6.45) is -0.650. The molecule has 2 aromatic rings. The fourth-order valence-electron chi connectivity index (χ4n) is 2.21. The molecule has 0 saturated heterocycles. The van der Waals surface area contributed by atoms with Gasteiger partial charge in [-0.25, -0.2) is 4.39 Å². The van der Waals surface area contributed by atoms with Gasteiger partial charge in [0.15, 0.2) is 0 Å². The summed E-state index contributed by atoms with van der Waals surface area (Å²) >= 11 is 9.00. The summed E-state index contributed by atoms with van der Waals surface area (Å²) in [6.45, 7) is 3.80. The van der Waals surface area contributed by atoms with Crippen molar-refractivity contribution in [2.75, 3.05) is 0 Å². The molecule has 1 unspecified atom stereocenters. The monoisotopic (exact) mass is 360 g/mol. The topological polar surface area (TPSA) is 38.0 Å². The van der Waals surface area contributed by atoms with Gasteiger partial charge >= 0.3 is 0 Å². The summed E-state index contributed by atoms with van der Waals surface area (Å²) in [7, 11) is 1.84. The zero-order valence-corrected chi connectivity index (χ0v) is 13.8. The molecule has 1 atom stereocenters. The van der Waals surface area contributed by atoms with Gasteiger partial charge in [-0.15, -0.1) is 0 Å². The number of hydrogen-bond acceptors (Lipinski definition) is 2. The average molecular weight is 362 g/mol. The molecule has 0 bridgehead atoms. The summed E-state index contributed by atoms with van der Waals surface area (Å²) in [5, 5.41) is 14.6. The molecule has 0 aliphatic heterocycles. The van der Waals surface area contributed by atoms with Crippen LogP contribution in [0.15, 0.2) is 16.6 Å². The van der Waals surface area contributed by atoms with Crippen molar-refractivity contribution in [3.8, 4) is 0 Å². The number of aliphatic hydroxyl groups excluding tert-OH is 1. The minimum absolute atomic E-state index is 0.0128. The second-order valence-corrected chi connectivity index (χ2v) is 5.99. The molecule has 108 valence electrons. The van der Waals surface area contributed by atoms with Crippen LogP contribution in [-0.2, 0) is 13.5 Å². The van der Waals surface area contributed by atoms with Crippen LogP contribution < -0.4 is 0 Å². The molecule has 0 fully saturated rings. The molecule has 6 heteroatoms. The van der Waals surface area contributed by atoms with Crippen LogP contribution in [0, 0.1) is 19.7 Å². The molecule has 20 heavy (non-hydrogen) atoms. The number of nitrogens with zero attached hydrogens (tertiary/aromatic N) is 2. The number of aliphatic hydroxyl groups is 1. The van der Waals surface area contributed by atoms with Gasteiger partial charge in [0.2, 0.25) is 0 Å². The predicted molar refractivity (Wildman–Crippen MR) is 80.5 cm³/mol. The number of hydrogen-bond donors (Lipinski definition) is 1. The minimum Gasteiger partial charge on any atom is -0.388 e. The first-order valence-corrected chi connectivity index (χ1v) is 7.30. The van der Waals surface area contributed by atoms with E-state index in [0.717, 1.165) is 17.0 Å². The molecule has 0 saturated carbocycles. The number of aryl methyl sites for hydroxylation is 2. The molecular formula is C14H15BrClFN2O. The molecule has 0 spiro atoms. The summed E-state index contributed by atoms with van der Waals surface area (Å²) in [5.74, 6) is -0.590. The maximum Gasteiger partial charge on any atom is 0.148 e. The third-order valence-corrected chi connectivity index (χ3v) is 4.74. The zero-order chi connectivity index (χ0) is 15.0. The van der Waals surface area contributed by atoms with Gasteiger partial charge in [-0.2, -0.15) is 5.10 Å². The van der Waals surface area contributed by atoms with Crippen LogP contribution in [0.5, 0.6) is 0 Å². The lowest BCUT2D eigenvalue weighted by Gasteiger charge is -2.14. The van der Waals surface area contributed by atoms with Gasteiger partial charge in [0.25, 0.3) is 0 Å². The Kier molecular flexibility index (Phi) is 4.52. The highest BCUT2D eigenvalue weighted by Gasteiger charge is 2.20. The van der Waals surface area contributed by atoms with Gasteiger partial charge in [0.1, 0.15) is 5.82 Å². The average Bonchev–Trinajstić information content (AvgIpc) is 2.62. The second kappa shape index (κ2) is 5.84. The maximum absolute atomic E-state index is 14.1. The molecule has 1 heterocycles. The van der Waals surface area contributed by atoms with E-state index in [1.54, 1.807) is 10.7 Å². The molecule has 1 aromatic heterocycles. The Morgan fingerprint density at radius 1 is 1.45 bits per heavy atom. The Balaban J connectivity index is 2.33. The van der Waals surface area contributed by atoms with Gasteiger partial charge in [-0.3, -0.25) is 4.68 Å². The summed E-state index contributed by atoms with van der Waals surface area (Å²) in [6, 6.07) is 3.17. The highest BCUT2D eigenvalue weighted by atomic mass is 79.9. The van der Waals surface area contributed by atoms with Crippen LogP contribution in [0.25, 0.3) is 0 Å². The highest BCUT2D eigenvalue weighted by Crippen LogP contribution is 2.32. The van der Waals surface area contributed by atoms with Crippen LogP contribution in [0.3, 0.4) is 0 Å². The van der Waals surface area contributed by atoms with Crippen LogP contribution >= 0.6 is 27.5 Å². The molecule has 3 nitrogen and oxygen atoms in total. The lowest BCUT2D eigenvalue weighted by Crippen LogP contribution is -2.06. The van der Waals surface area contributed by atoms with Gasteiger partial charge in [-0.05, 0) is 41.4 Å². The van der Waals surface area contributed by atoms with Crippen molar-refractivity contribution < 1.29 is 9.50 Å². The van der Waals surface area contributed by atoms with E-state index >= 15 is 0 Å². The van der Waals surface area contributed by atoms with Crippen molar-refractivity contribution in [3.05, 3.63) is 50.0 Å². The molecule has 0 aliphatic rings. The fraction of sp³-hybridized carbons (Fsp3) is 0.357. The third kappa shape index (κ3) is 2.75. The lowest BCUT2D eigenvalue weighted by atomic mass is 10.00. The Hall–Kier alpha value is -0.910. The van der Waals surface area contributed by atoms with E-state index in [4.69, 9.17) is 11.6 Å². The van der Waals surface area contributed by atoms with Gasteiger partial charge in [0, 0.05) is 29.2 Å². The van der Waals surface area contributed by atoms with Crippen LogP contribution in [0.4, 0.5) is 4.39 Å². The molecule has 1 aromatic carbocycles. The smallest absolute Gasteiger partial charge is 0.148 e. The molecular weight excluding hydrogens is 347 g/mol. The summed E-state index contributed by atoms with van der Waals surface area (Å²) in [5.41, 5.74) is 2.93. The number of rotatable bonds is 3. The van der Waals surface area contributed by atoms with E-state index in [1.165, 1.54) is 6.07 Å². The largest absolute Gasteiger partial charge is 0.388 e. The van der Waals surface area contributed by atoms with E-state index in [1.807, 2.05) is 20.9 Å². The first kappa shape index (κ1) is 15.5. The van der Waals surface area contributed by atoms with E-state index < -0.39 is 11.9 Å². The molecule has 1 N–H and O–H groups in total. The standard InChI is InChI=1S/C14H15BrClFN2O/c1-7-10(8(2)19(3)18-7)6-12(20)9-4-5-11(15)13(16)14(9)17/h4-5,12,20H,6H2,1-3H3. The second-order valence-electron chi connectivity index (χ2n) is 4.76. The van der Waals surface area contributed by atoms with Gasteiger partial charge < -0.3 is 5.11 Å². The fourth-order valence-corrected chi connectivity index (χ4v) is 2.69. The highest BCUT2D eigenvalue weighted by molar-refractivity contribution is 9.10. The van der Waals surface area contributed by atoms with Crippen LogP contribution in [0.2, 0.25) is 5.02 Å². The normalized spacial score (nSPS) is 12.8. The van der Waals surface area contributed by atoms with E-state index in [2.05, 4.69) is 21.0 Å². The van der Waals surface area contributed by atoms with Crippen molar-refractivity contribution in [1.82, 2.24) is 9.78 Å². The van der Waals surface area contributed by atoms with Crippen LogP contribution in [0.1, 0.15) is 28.6 Å². The Morgan fingerprint density at radius 3 is 2.65 bits per heavy atom. The number of halogens is 3. The number of aromatic nitrogens is 2. The molecule has 0 amide bonds. The Labute approximate surface area is 130 Å². The van der Waals surface area contributed by atoms with Crippen molar-refractivity contribution in [3.63, 3.8) is 0 Å². The van der Waals surface area contributed by atoms with E-state index in [9.17, 15) is 9.50 Å². The quantitative estimate of drug-likeness (QED) is 0.843. The van der Waals surface area contributed by atoms with Crippen molar-refractivity contribution in [2.24, 2.45) is 7.05 Å². The van der Waals surface area contributed by atoms with Gasteiger partial charge in [-0.1, -0.05) is 17.7 Å². The lowest BCUT2D eigenvalue weighted by molar-refractivity contribution is 0.173. The van der Waals surface area contributed by atoms with Crippen molar-refractivity contribution in [1.29, 1.82) is 0 Å². The first-order valence-electron chi connectivity index (χ1n) is 6.13. The Morgan fingerprint density at radius 2 is 2.10 bits per heavy atom. The predicted octanol–water partition coefficient (Wildman–Crippen LogP) is 3.87. The third-order valence-electron chi connectivity index (χ3n) is 3.48.